The van der Waals surface area contributed by atoms with Crippen molar-refractivity contribution in [2.24, 2.45) is 10.1 Å². The van der Waals surface area contributed by atoms with Crippen LogP contribution in [0.3, 0.4) is 0 Å². The molecule has 1 amide bonds. The molecule has 3 aromatic rings. The smallest absolute Gasteiger partial charge is 0.265 e. The first kappa shape index (κ1) is 19.1. The van der Waals surface area contributed by atoms with Crippen molar-refractivity contribution in [3.05, 3.63) is 111 Å². The third-order valence-electron chi connectivity index (χ3n) is 4.29. The zero-order valence-electron chi connectivity index (χ0n) is 15.2. The minimum atomic E-state index is -0.341. The average Bonchev–Trinajstić information content (AvgIpc) is 3.05. The van der Waals surface area contributed by atoms with Crippen molar-refractivity contribution in [3.8, 4) is 0 Å². The molecule has 0 aliphatic carbocycles. The fourth-order valence-corrected chi connectivity index (χ4v) is 3.20. The molecule has 29 heavy (non-hydrogen) atoms. The third-order valence-corrected chi connectivity index (χ3v) is 4.97. The number of amidine groups is 1. The van der Waals surface area contributed by atoms with Crippen LogP contribution in [0.4, 0.5) is 0 Å². The summed E-state index contributed by atoms with van der Waals surface area (Å²) in [6, 6.07) is 24.0. The lowest BCUT2D eigenvalue weighted by Gasteiger charge is -2.12. The summed E-state index contributed by atoms with van der Waals surface area (Å²) in [5, 5.41) is 6.75. The van der Waals surface area contributed by atoms with E-state index in [9.17, 15) is 4.79 Å². The van der Waals surface area contributed by atoms with E-state index in [-0.39, 0.29) is 11.6 Å². The van der Waals surface area contributed by atoms with Crippen LogP contribution >= 0.6 is 23.2 Å². The maximum absolute atomic E-state index is 13.1. The molecule has 3 aromatic carbocycles. The monoisotopic (exact) mass is 419 g/mol. The molecular weight excluding hydrogens is 405 g/mol. The van der Waals surface area contributed by atoms with Gasteiger partial charge in [-0.15, -0.1) is 0 Å². The number of carbonyl (C=O) groups excluding carboxylic acids is 1. The molecule has 0 atom stereocenters. The van der Waals surface area contributed by atoms with Gasteiger partial charge in [0.15, 0.2) is 5.84 Å². The first-order chi connectivity index (χ1) is 14.1. The number of hydrogen-bond donors (Lipinski definition) is 0. The van der Waals surface area contributed by atoms with E-state index in [1.807, 2.05) is 66.7 Å². The number of hydrogen-bond acceptors (Lipinski definition) is 3. The van der Waals surface area contributed by atoms with Crippen molar-refractivity contribution in [1.82, 2.24) is 5.01 Å². The van der Waals surface area contributed by atoms with E-state index in [0.29, 0.717) is 27.0 Å². The van der Waals surface area contributed by atoms with Crippen LogP contribution < -0.4 is 0 Å². The van der Waals surface area contributed by atoms with Crippen molar-refractivity contribution in [1.29, 1.82) is 0 Å². The Kier molecular flexibility index (Phi) is 5.56. The van der Waals surface area contributed by atoms with Gasteiger partial charge in [-0.05, 0) is 23.8 Å². The van der Waals surface area contributed by atoms with Gasteiger partial charge in [-0.2, -0.15) is 10.1 Å². The second-order valence-corrected chi connectivity index (χ2v) is 7.05. The lowest BCUT2D eigenvalue weighted by molar-refractivity contribution is -0.122. The summed E-state index contributed by atoms with van der Waals surface area (Å²) in [7, 11) is 0. The van der Waals surface area contributed by atoms with Gasteiger partial charge >= 0.3 is 0 Å². The zero-order valence-corrected chi connectivity index (χ0v) is 16.7. The molecule has 0 N–H and O–H groups in total. The number of halogens is 2. The van der Waals surface area contributed by atoms with Gasteiger partial charge in [0.1, 0.15) is 5.70 Å². The molecule has 0 saturated carbocycles. The van der Waals surface area contributed by atoms with Crippen LogP contribution in [0.15, 0.2) is 94.7 Å². The Labute approximate surface area is 178 Å². The van der Waals surface area contributed by atoms with Crippen LogP contribution in [-0.2, 0) is 4.79 Å². The Bertz CT molecular complexity index is 1150. The number of rotatable bonds is 4. The summed E-state index contributed by atoms with van der Waals surface area (Å²) in [6.45, 7) is 0. The molecule has 0 radical (unpaired) electrons. The molecule has 6 heteroatoms. The minimum Gasteiger partial charge on any atom is -0.265 e. The quantitative estimate of drug-likeness (QED) is 0.397. The number of nitrogens with zero attached hydrogens (tertiary/aromatic N) is 3. The first-order valence-corrected chi connectivity index (χ1v) is 9.62. The maximum Gasteiger partial charge on any atom is 0.298 e. The largest absolute Gasteiger partial charge is 0.298 e. The van der Waals surface area contributed by atoms with Gasteiger partial charge in [0.2, 0.25) is 0 Å². The van der Waals surface area contributed by atoms with Gasteiger partial charge in [-0.1, -0.05) is 89.9 Å². The normalized spacial score (nSPS) is 15.4. The minimum absolute atomic E-state index is 0.258. The molecule has 0 fully saturated rings. The van der Waals surface area contributed by atoms with Crippen molar-refractivity contribution < 1.29 is 4.79 Å². The Morgan fingerprint density at radius 3 is 2.03 bits per heavy atom. The van der Waals surface area contributed by atoms with Crippen molar-refractivity contribution in [2.45, 2.75) is 0 Å². The molecule has 142 valence electrons. The van der Waals surface area contributed by atoms with Crippen LogP contribution in [0.1, 0.15) is 16.7 Å². The summed E-state index contributed by atoms with van der Waals surface area (Å²) >= 11 is 12.4. The number of hydrazone groups is 1. The molecule has 0 unspecified atom stereocenters. The van der Waals surface area contributed by atoms with E-state index in [2.05, 4.69) is 10.1 Å². The molecule has 1 aliphatic heterocycles. The second kappa shape index (κ2) is 8.43. The summed E-state index contributed by atoms with van der Waals surface area (Å²) in [5.74, 6) is 0.101. The summed E-state index contributed by atoms with van der Waals surface area (Å²) in [5.41, 5.74) is 2.46. The standard InChI is InChI=1S/C23H15Cl2N3O/c24-19-12-6-4-10-17(19)14-21-23(29)28(22(27-21)16-8-2-1-3-9-16)26-15-18-11-5-7-13-20(18)25/h1-15H/b21-14+,26-15+. The van der Waals surface area contributed by atoms with Crippen LogP contribution in [0.5, 0.6) is 0 Å². The number of amides is 1. The molecule has 0 bridgehead atoms. The Balaban J connectivity index is 1.76. The fraction of sp³-hybridized carbons (Fsp3) is 0. The second-order valence-electron chi connectivity index (χ2n) is 6.24. The van der Waals surface area contributed by atoms with Gasteiger partial charge in [0.05, 0.1) is 6.21 Å². The molecular formula is C23H15Cl2N3O. The van der Waals surface area contributed by atoms with Gasteiger partial charge in [0, 0.05) is 21.2 Å². The van der Waals surface area contributed by atoms with E-state index < -0.39 is 0 Å². The van der Waals surface area contributed by atoms with Gasteiger partial charge in [0.25, 0.3) is 5.91 Å². The van der Waals surface area contributed by atoms with E-state index in [0.717, 1.165) is 5.56 Å². The van der Waals surface area contributed by atoms with Crippen LogP contribution in [0.25, 0.3) is 6.08 Å². The van der Waals surface area contributed by atoms with Crippen LogP contribution in [0.2, 0.25) is 10.0 Å². The molecule has 1 aliphatic rings. The SMILES string of the molecule is O=C1/C(=C\c2ccccc2Cl)N=C(c2ccccc2)N1/N=C/c1ccccc1Cl. The number of benzene rings is 3. The fourth-order valence-electron chi connectivity index (χ4n) is 2.83. The van der Waals surface area contributed by atoms with E-state index in [1.54, 1.807) is 24.4 Å². The van der Waals surface area contributed by atoms with Crippen molar-refractivity contribution in [2.75, 3.05) is 0 Å². The van der Waals surface area contributed by atoms with Gasteiger partial charge < -0.3 is 0 Å². The Hall–Kier alpha value is -3.21. The van der Waals surface area contributed by atoms with E-state index in [4.69, 9.17) is 23.2 Å². The molecule has 4 nitrogen and oxygen atoms in total. The summed E-state index contributed by atoms with van der Waals surface area (Å²) < 4.78 is 0. The van der Waals surface area contributed by atoms with Gasteiger partial charge in [-0.3, -0.25) is 4.79 Å². The summed E-state index contributed by atoms with van der Waals surface area (Å²) in [6.07, 6.45) is 3.22. The van der Waals surface area contributed by atoms with E-state index in [1.165, 1.54) is 5.01 Å². The zero-order chi connectivity index (χ0) is 20.2. The number of aliphatic imine (C=N–C) groups is 1. The van der Waals surface area contributed by atoms with E-state index >= 15 is 0 Å². The predicted molar refractivity (Wildman–Crippen MR) is 118 cm³/mol. The third kappa shape index (κ3) is 4.14. The maximum atomic E-state index is 13.1. The lowest BCUT2D eigenvalue weighted by atomic mass is 10.2. The highest BCUT2D eigenvalue weighted by molar-refractivity contribution is 6.33. The molecule has 1 heterocycles. The van der Waals surface area contributed by atoms with Crippen LogP contribution in [-0.4, -0.2) is 23.0 Å². The Morgan fingerprint density at radius 2 is 1.38 bits per heavy atom. The highest BCUT2D eigenvalue weighted by Gasteiger charge is 2.31. The Morgan fingerprint density at radius 1 is 0.793 bits per heavy atom. The highest BCUT2D eigenvalue weighted by Crippen LogP contribution is 2.25. The van der Waals surface area contributed by atoms with Gasteiger partial charge in [-0.25, -0.2) is 4.99 Å². The molecule has 0 aromatic heterocycles. The molecule has 0 spiro atoms. The lowest BCUT2D eigenvalue weighted by Crippen LogP contribution is -2.27. The van der Waals surface area contributed by atoms with Crippen LogP contribution in [0, 0.1) is 0 Å². The average molecular weight is 420 g/mol. The highest BCUT2D eigenvalue weighted by atomic mass is 35.5. The predicted octanol–water partition coefficient (Wildman–Crippen LogP) is 5.66. The number of carbonyl (C=O) groups is 1. The van der Waals surface area contributed by atoms with Crippen molar-refractivity contribution in [3.63, 3.8) is 0 Å². The molecule has 0 saturated heterocycles. The van der Waals surface area contributed by atoms with Crippen molar-refractivity contribution >= 4 is 47.2 Å². The molecule has 4 rings (SSSR count). The topological polar surface area (TPSA) is 45.0 Å². The first-order valence-electron chi connectivity index (χ1n) is 8.87. The summed E-state index contributed by atoms with van der Waals surface area (Å²) in [4.78, 5) is 17.6.